The Morgan fingerprint density at radius 2 is 2.20 bits per heavy atom. The summed E-state index contributed by atoms with van der Waals surface area (Å²) in [6.07, 6.45) is 1.93. The summed E-state index contributed by atoms with van der Waals surface area (Å²) in [4.78, 5) is 3.16. The van der Waals surface area contributed by atoms with Crippen LogP contribution in [0, 0.1) is 6.92 Å². The van der Waals surface area contributed by atoms with Gasteiger partial charge < -0.3 is 10.3 Å². The second-order valence-corrected chi connectivity index (χ2v) is 4.48. The first-order chi connectivity index (χ1) is 7.24. The van der Waals surface area contributed by atoms with Gasteiger partial charge in [-0.1, -0.05) is 15.9 Å². The number of aryl methyl sites for hydroxylation is 1. The van der Waals surface area contributed by atoms with E-state index in [1.54, 1.807) is 0 Å². The van der Waals surface area contributed by atoms with Crippen LogP contribution in [0.25, 0.3) is 0 Å². The average molecular weight is 265 g/mol. The summed E-state index contributed by atoms with van der Waals surface area (Å²) < 4.78 is 1.11. The van der Waals surface area contributed by atoms with Gasteiger partial charge in [-0.15, -0.1) is 0 Å². The number of hydrogen-bond acceptors (Lipinski definition) is 1. The molecule has 2 rings (SSSR count). The first-order valence-electron chi connectivity index (χ1n) is 4.87. The number of H-pyrrole nitrogens is 1. The lowest BCUT2D eigenvalue weighted by molar-refractivity contribution is 1.07. The van der Waals surface area contributed by atoms with Crippen molar-refractivity contribution < 1.29 is 0 Å². The Labute approximate surface area is 97.8 Å². The van der Waals surface area contributed by atoms with Gasteiger partial charge in [-0.25, -0.2) is 0 Å². The lowest BCUT2D eigenvalue weighted by atomic mass is 10.2. The molecule has 0 aliphatic rings. The number of anilines is 1. The van der Waals surface area contributed by atoms with E-state index in [0.717, 1.165) is 16.7 Å². The Kier molecular flexibility index (Phi) is 3.11. The van der Waals surface area contributed by atoms with Gasteiger partial charge in [0, 0.05) is 22.1 Å². The highest BCUT2D eigenvalue weighted by Gasteiger charge is 1.97. The zero-order chi connectivity index (χ0) is 10.7. The van der Waals surface area contributed by atoms with E-state index in [0.29, 0.717) is 0 Å². The summed E-state index contributed by atoms with van der Waals surface area (Å²) in [7, 11) is 0. The Bertz CT molecular complexity index is 415. The van der Waals surface area contributed by atoms with E-state index >= 15 is 0 Å². The molecule has 0 aliphatic heterocycles. The standard InChI is InChI=1S/C12H13BrN2/c1-9-5-10(13)7-12(6-9)15-8-11-3-2-4-14-11/h2-7,14-15H,8H2,1H3. The third kappa shape index (κ3) is 2.86. The van der Waals surface area contributed by atoms with E-state index in [-0.39, 0.29) is 0 Å². The molecule has 0 amide bonds. The number of aromatic amines is 1. The fourth-order valence-electron chi connectivity index (χ4n) is 1.51. The molecule has 3 heteroatoms. The molecule has 1 heterocycles. The van der Waals surface area contributed by atoms with Gasteiger partial charge in [0.25, 0.3) is 0 Å². The minimum absolute atomic E-state index is 0.822. The SMILES string of the molecule is Cc1cc(Br)cc(NCc2ccc[nH]2)c1. The van der Waals surface area contributed by atoms with Crippen molar-refractivity contribution in [1.29, 1.82) is 0 Å². The highest BCUT2D eigenvalue weighted by atomic mass is 79.9. The molecule has 0 unspecified atom stereocenters. The van der Waals surface area contributed by atoms with Crippen LogP contribution < -0.4 is 5.32 Å². The fraction of sp³-hybridized carbons (Fsp3) is 0.167. The van der Waals surface area contributed by atoms with Crippen molar-refractivity contribution in [1.82, 2.24) is 4.98 Å². The number of halogens is 1. The normalized spacial score (nSPS) is 10.3. The zero-order valence-electron chi connectivity index (χ0n) is 8.55. The van der Waals surface area contributed by atoms with E-state index in [1.807, 2.05) is 12.3 Å². The summed E-state index contributed by atoms with van der Waals surface area (Å²) >= 11 is 3.48. The zero-order valence-corrected chi connectivity index (χ0v) is 10.1. The molecule has 2 nitrogen and oxygen atoms in total. The van der Waals surface area contributed by atoms with E-state index in [2.05, 4.69) is 57.4 Å². The van der Waals surface area contributed by atoms with Gasteiger partial charge in [0.15, 0.2) is 0 Å². The molecule has 0 radical (unpaired) electrons. The van der Waals surface area contributed by atoms with Crippen molar-refractivity contribution in [2.24, 2.45) is 0 Å². The molecule has 0 saturated heterocycles. The molecule has 2 aromatic rings. The number of rotatable bonds is 3. The molecule has 0 aliphatic carbocycles. The maximum Gasteiger partial charge on any atom is 0.0551 e. The van der Waals surface area contributed by atoms with Crippen LogP contribution in [-0.2, 0) is 6.54 Å². The Hall–Kier alpha value is -1.22. The summed E-state index contributed by atoms with van der Waals surface area (Å²) in [5.41, 5.74) is 3.57. The van der Waals surface area contributed by atoms with Crippen molar-refractivity contribution in [2.45, 2.75) is 13.5 Å². The minimum atomic E-state index is 0.822. The lowest BCUT2D eigenvalue weighted by Crippen LogP contribution is -1.99. The van der Waals surface area contributed by atoms with Crippen LogP contribution in [0.5, 0.6) is 0 Å². The summed E-state index contributed by atoms with van der Waals surface area (Å²) in [5, 5.41) is 3.37. The molecule has 1 aromatic carbocycles. The van der Waals surface area contributed by atoms with E-state index in [1.165, 1.54) is 11.3 Å². The van der Waals surface area contributed by atoms with Gasteiger partial charge in [0.2, 0.25) is 0 Å². The number of nitrogens with one attached hydrogen (secondary N) is 2. The molecule has 78 valence electrons. The smallest absolute Gasteiger partial charge is 0.0551 e. The molecule has 0 saturated carbocycles. The molecule has 15 heavy (non-hydrogen) atoms. The first-order valence-corrected chi connectivity index (χ1v) is 5.67. The van der Waals surface area contributed by atoms with Crippen molar-refractivity contribution in [3.8, 4) is 0 Å². The van der Waals surface area contributed by atoms with Gasteiger partial charge in [0.1, 0.15) is 0 Å². The number of hydrogen-bond donors (Lipinski definition) is 2. The fourth-order valence-corrected chi connectivity index (χ4v) is 2.12. The lowest BCUT2D eigenvalue weighted by Gasteiger charge is -2.06. The van der Waals surface area contributed by atoms with E-state index < -0.39 is 0 Å². The highest BCUT2D eigenvalue weighted by Crippen LogP contribution is 2.19. The van der Waals surface area contributed by atoms with Gasteiger partial charge >= 0.3 is 0 Å². The van der Waals surface area contributed by atoms with Crippen LogP contribution in [0.1, 0.15) is 11.3 Å². The Morgan fingerprint density at radius 3 is 2.87 bits per heavy atom. The maximum absolute atomic E-state index is 3.48. The summed E-state index contributed by atoms with van der Waals surface area (Å²) in [5.74, 6) is 0. The third-order valence-electron chi connectivity index (χ3n) is 2.19. The van der Waals surface area contributed by atoms with E-state index in [4.69, 9.17) is 0 Å². The van der Waals surface area contributed by atoms with Crippen LogP contribution in [0.3, 0.4) is 0 Å². The first kappa shape index (κ1) is 10.3. The van der Waals surface area contributed by atoms with Crippen molar-refractivity contribution in [3.63, 3.8) is 0 Å². The molecule has 0 atom stereocenters. The van der Waals surface area contributed by atoms with Gasteiger partial charge in [-0.2, -0.15) is 0 Å². The Balaban J connectivity index is 2.05. The maximum atomic E-state index is 3.48. The monoisotopic (exact) mass is 264 g/mol. The molecule has 2 N–H and O–H groups in total. The Morgan fingerprint density at radius 1 is 1.33 bits per heavy atom. The predicted molar refractivity (Wildman–Crippen MR) is 67.0 cm³/mol. The number of aromatic nitrogens is 1. The van der Waals surface area contributed by atoms with Crippen LogP contribution in [0.2, 0.25) is 0 Å². The van der Waals surface area contributed by atoms with Gasteiger partial charge in [-0.05, 0) is 42.8 Å². The molecule has 0 spiro atoms. The number of benzene rings is 1. The van der Waals surface area contributed by atoms with Crippen LogP contribution in [0.4, 0.5) is 5.69 Å². The molecular formula is C12H13BrN2. The van der Waals surface area contributed by atoms with Crippen molar-refractivity contribution in [2.75, 3.05) is 5.32 Å². The van der Waals surface area contributed by atoms with Crippen LogP contribution in [0.15, 0.2) is 41.0 Å². The van der Waals surface area contributed by atoms with Crippen molar-refractivity contribution in [3.05, 3.63) is 52.3 Å². The van der Waals surface area contributed by atoms with E-state index in [9.17, 15) is 0 Å². The molecule has 1 aromatic heterocycles. The van der Waals surface area contributed by atoms with Crippen LogP contribution in [-0.4, -0.2) is 4.98 Å². The quantitative estimate of drug-likeness (QED) is 0.870. The summed E-state index contributed by atoms with van der Waals surface area (Å²) in [6, 6.07) is 10.4. The third-order valence-corrected chi connectivity index (χ3v) is 2.65. The topological polar surface area (TPSA) is 27.8 Å². The van der Waals surface area contributed by atoms with Gasteiger partial charge in [0.05, 0.1) is 6.54 Å². The largest absolute Gasteiger partial charge is 0.379 e. The van der Waals surface area contributed by atoms with Crippen molar-refractivity contribution >= 4 is 21.6 Å². The van der Waals surface area contributed by atoms with Crippen LogP contribution >= 0.6 is 15.9 Å². The molecular weight excluding hydrogens is 252 g/mol. The highest BCUT2D eigenvalue weighted by molar-refractivity contribution is 9.10. The second kappa shape index (κ2) is 4.53. The second-order valence-electron chi connectivity index (χ2n) is 3.57. The van der Waals surface area contributed by atoms with Gasteiger partial charge in [-0.3, -0.25) is 0 Å². The predicted octanol–water partition coefficient (Wildman–Crippen LogP) is 3.70. The average Bonchev–Trinajstić information content (AvgIpc) is 2.65. The molecule has 0 bridgehead atoms. The minimum Gasteiger partial charge on any atom is -0.379 e. The summed E-state index contributed by atoms with van der Waals surface area (Å²) in [6.45, 7) is 2.91. The molecule has 0 fully saturated rings.